The van der Waals surface area contributed by atoms with E-state index in [1.807, 2.05) is 20.8 Å². The lowest BCUT2D eigenvalue weighted by Gasteiger charge is -2.31. The summed E-state index contributed by atoms with van der Waals surface area (Å²) >= 11 is 0. The molecule has 1 aliphatic rings. The van der Waals surface area contributed by atoms with E-state index >= 15 is 0 Å². The molecule has 1 atom stereocenters. The smallest absolute Gasteiger partial charge is 0.251 e. The van der Waals surface area contributed by atoms with Crippen molar-refractivity contribution < 1.29 is 14.3 Å². The second kappa shape index (κ2) is 8.08. The van der Waals surface area contributed by atoms with E-state index in [9.17, 15) is 9.59 Å². The number of amides is 2. The van der Waals surface area contributed by atoms with Crippen molar-refractivity contribution in [3.05, 3.63) is 29.8 Å². The molecule has 6 nitrogen and oxygen atoms in total. The van der Waals surface area contributed by atoms with Gasteiger partial charge in [0.2, 0.25) is 5.91 Å². The van der Waals surface area contributed by atoms with Crippen LogP contribution in [0.1, 0.15) is 31.1 Å². The molecule has 0 bridgehead atoms. The summed E-state index contributed by atoms with van der Waals surface area (Å²) in [4.78, 5) is 26.3. The van der Waals surface area contributed by atoms with Crippen molar-refractivity contribution in [2.24, 2.45) is 0 Å². The van der Waals surface area contributed by atoms with Crippen LogP contribution in [-0.4, -0.2) is 55.1 Å². The Bertz CT molecular complexity index is 537. The second-order valence-corrected chi connectivity index (χ2v) is 6.02. The summed E-state index contributed by atoms with van der Waals surface area (Å²) in [5.41, 5.74) is 1.27. The van der Waals surface area contributed by atoms with E-state index in [1.54, 1.807) is 24.3 Å². The molecular weight excluding hydrogens is 294 g/mol. The molecule has 0 spiro atoms. The standard InChI is InChI=1S/C17H25N3O3/c1-12(2)18-17(22)14-4-6-15(7-5-14)19-16(21)13(3)20-8-10-23-11-9-20/h4-7,12-13H,8-11H2,1-3H3,(H,18,22)(H,19,21). The van der Waals surface area contributed by atoms with Crippen LogP contribution in [0.5, 0.6) is 0 Å². The fourth-order valence-electron chi connectivity index (χ4n) is 2.43. The minimum Gasteiger partial charge on any atom is -0.379 e. The van der Waals surface area contributed by atoms with Crippen molar-refractivity contribution in [3.8, 4) is 0 Å². The Morgan fingerprint density at radius 3 is 2.26 bits per heavy atom. The molecule has 2 amide bonds. The molecule has 1 aromatic carbocycles. The van der Waals surface area contributed by atoms with Gasteiger partial charge < -0.3 is 15.4 Å². The van der Waals surface area contributed by atoms with Gasteiger partial charge in [0, 0.05) is 30.4 Å². The average Bonchev–Trinajstić information content (AvgIpc) is 2.55. The Kier molecular flexibility index (Phi) is 6.12. The fourth-order valence-corrected chi connectivity index (χ4v) is 2.43. The highest BCUT2D eigenvalue weighted by Crippen LogP contribution is 2.12. The number of morpholine rings is 1. The molecule has 1 aliphatic heterocycles. The van der Waals surface area contributed by atoms with Crippen LogP contribution in [0.15, 0.2) is 24.3 Å². The maximum Gasteiger partial charge on any atom is 0.251 e. The minimum atomic E-state index is -0.206. The van der Waals surface area contributed by atoms with Crippen LogP contribution in [0, 0.1) is 0 Å². The van der Waals surface area contributed by atoms with Crippen LogP contribution in [-0.2, 0) is 9.53 Å². The number of carbonyl (C=O) groups excluding carboxylic acids is 2. The molecule has 0 aromatic heterocycles. The van der Waals surface area contributed by atoms with E-state index < -0.39 is 0 Å². The minimum absolute atomic E-state index is 0.0497. The maximum atomic E-state index is 12.3. The molecule has 23 heavy (non-hydrogen) atoms. The monoisotopic (exact) mass is 319 g/mol. The number of nitrogens with zero attached hydrogens (tertiary/aromatic N) is 1. The first-order valence-corrected chi connectivity index (χ1v) is 8.01. The highest BCUT2D eigenvalue weighted by Gasteiger charge is 2.23. The first kappa shape index (κ1) is 17.4. The summed E-state index contributed by atoms with van der Waals surface area (Å²) in [6.45, 7) is 8.59. The third-order valence-electron chi connectivity index (χ3n) is 3.81. The van der Waals surface area contributed by atoms with Gasteiger partial charge in [0.05, 0.1) is 19.3 Å². The van der Waals surface area contributed by atoms with Crippen molar-refractivity contribution >= 4 is 17.5 Å². The zero-order valence-electron chi connectivity index (χ0n) is 14.0. The van der Waals surface area contributed by atoms with Gasteiger partial charge in [-0.15, -0.1) is 0 Å². The van der Waals surface area contributed by atoms with Crippen LogP contribution in [0.2, 0.25) is 0 Å². The summed E-state index contributed by atoms with van der Waals surface area (Å²) in [6.07, 6.45) is 0. The van der Waals surface area contributed by atoms with Gasteiger partial charge in [0.1, 0.15) is 0 Å². The second-order valence-electron chi connectivity index (χ2n) is 6.02. The predicted octanol–water partition coefficient (Wildman–Crippen LogP) is 1.48. The number of ether oxygens (including phenoxy) is 1. The van der Waals surface area contributed by atoms with E-state index in [4.69, 9.17) is 4.74 Å². The predicted molar refractivity (Wildman–Crippen MR) is 89.5 cm³/mol. The highest BCUT2D eigenvalue weighted by molar-refractivity contribution is 5.97. The van der Waals surface area contributed by atoms with Crippen LogP contribution < -0.4 is 10.6 Å². The lowest BCUT2D eigenvalue weighted by atomic mass is 10.1. The molecule has 0 saturated carbocycles. The Hall–Kier alpha value is -1.92. The van der Waals surface area contributed by atoms with Crippen molar-refractivity contribution in [2.75, 3.05) is 31.6 Å². The van der Waals surface area contributed by atoms with Crippen molar-refractivity contribution in [1.82, 2.24) is 10.2 Å². The van der Waals surface area contributed by atoms with Crippen LogP contribution in [0.3, 0.4) is 0 Å². The Morgan fingerprint density at radius 2 is 1.70 bits per heavy atom. The molecule has 1 fully saturated rings. The summed E-state index contributed by atoms with van der Waals surface area (Å²) in [5.74, 6) is -0.161. The molecule has 6 heteroatoms. The fraction of sp³-hybridized carbons (Fsp3) is 0.529. The summed E-state index contributed by atoms with van der Waals surface area (Å²) in [6, 6.07) is 6.82. The van der Waals surface area contributed by atoms with Gasteiger partial charge in [-0.1, -0.05) is 0 Å². The molecule has 0 aliphatic carbocycles. The van der Waals surface area contributed by atoms with E-state index in [0.29, 0.717) is 24.5 Å². The quantitative estimate of drug-likeness (QED) is 0.862. The lowest BCUT2D eigenvalue weighted by Crippen LogP contribution is -2.47. The van der Waals surface area contributed by atoms with Crippen molar-refractivity contribution in [3.63, 3.8) is 0 Å². The summed E-state index contributed by atoms with van der Waals surface area (Å²) in [5, 5.41) is 5.73. The van der Waals surface area contributed by atoms with Crippen molar-refractivity contribution in [1.29, 1.82) is 0 Å². The van der Waals surface area contributed by atoms with E-state index in [-0.39, 0.29) is 23.9 Å². The first-order valence-electron chi connectivity index (χ1n) is 8.01. The third-order valence-corrected chi connectivity index (χ3v) is 3.81. The molecule has 1 heterocycles. The Labute approximate surface area is 137 Å². The third kappa shape index (κ3) is 5.04. The highest BCUT2D eigenvalue weighted by atomic mass is 16.5. The Balaban J connectivity index is 1.92. The van der Waals surface area contributed by atoms with Gasteiger partial charge in [-0.2, -0.15) is 0 Å². The van der Waals surface area contributed by atoms with Gasteiger partial charge in [0.25, 0.3) is 5.91 Å². The molecule has 1 aromatic rings. The number of anilines is 1. The van der Waals surface area contributed by atoms with Gasteiger partial charge in [-0.05, 0) is 45.0 Å². The lowest BCUT2D eigenvalue weighted by molar-refractivity contribution is -0.122. The molecule has 0 radical (unpaired) electrons. The van der Waals surface area contributed by atoms with E-state index in [2.05, 4.69) is 15.5 Å². The van der Waals surface area contributed by atoms with E-state index in [1.165, 1.54) is 0 Å². The van der Waals surface area contributed by atoms with Crippen LogP contribution in [0.25, 0.3) is 0 Å². The normalized spacial score (nSPS) is 16.9. The number of rotatable bonds is 5. The number of benzene rings is 1. The molecule has 126 valence electrons. The first-order chi connectivity index (χ1) is 11.0. The van der Waals surface area contributed by atoms with Crippen LogP contribution in [0.4, 0.5) is 5.69 Å². The molecule has 2 N–H and O–H groups in total. The van der Waals surface area contributed by atoms with Gasteiger partial charge in [-0.3, -0.25) is 14.5 Å². The summed E-state index contributed by atoms with van der Waals surface area (Å²) in [7, 11) is 0. The molecular formula is C17H25N3O3. The number of nitrogens with one attached hydrogen (secondary N) is 2. The number of carbonyl (C=O) groups is 2. The SMILES string of the molecule is CC(C)NC(=O)c1ccc(NC(=O)C(C)N2CCOCC2)cc1. The molecule has 1 unspecified atom stereocenters. The molecule has 2 rings (SSSR count). The molecule has 1 saturated heterocycles. The van der Waals surface area contributed by atoms with Gasteiger partial charge in [0.15, 0.2) is 0 Å². The number of hydrogen-bond donors (Lipinski definition) is 2. The Morgan fingerprint density at radius 1 is 1.09 bits per heavy atom. The largest absolute Gasteiger partial charge is 0.379 e. The zero-order chi connectivity index (χ0) is 16.8. The average molecular weight is 319 g/mol. The summed E-state index contributed by atoms with van der Waals surface area (Å²) < 4.78 is 5.30. The van der Waals surface area contributed by atoms with Gasteiger partial charge >= 0.3 is 0 Å². The van der Waals surface area contributed by atoms with Crippen LogP contribution >= 0.6 is 0 Å². The topological polar surface area (TPSA) is 70.7 Å². The zero-order valence-corrected chi connectivity index (χ0v) is 14.0. The van der Waals surface area contributed by atoms with E-state index in [0.717, 1.165) is 13.1 Å². The van der Waals surface area contributed by atoms with Crippen molar-refractivity contribution in [2.45, 2.75) is 32.9 Å². The maximum absolute atomic E-state index is 12.3. The van der Waals surface area contributed by atoms with Gasteiger partial charge in [-0.25, -0.2) is 0 Å². The number of hydrogen-bond acceptors (Lipinski definition) is 4.